The molecule has 0 saturated heterocycles. The fourth-order valence-corrected chi connectivity index (χ4v) is 3.72. The van der Waals surface area contributed by atoms with Gasteiger partial charge in [0.2, 0.25) is 5.91 Å². The Kier molecular flexibility index (Phi) is 4.93. The SMILES string of the molecule is CC.CC(=O)N1CCc2c([nH]c3ccc(C)cc23)C1c1ccccc1. The second-order valence-electron chi connectivity index (χ2n) is 6.34. The van der Waals surface area contributed by atoms with Gasteiger partial charge in [0.15, 0.2) is 0 Å². The number of carbonyl (C=O) groups excluding carboxylic acids is 1. The van der Waals surface area contributed by atoms with E-state index in [4.69, 9.17) is 0 Å². The molecule has 2 aromatic carbocycles. The molecule has 4 rings (SSSR count). The summed E-state index contributed by atoms with van der Waals surface area (Å²) >= 11 is 0. The van der Waals surface area contributed by atoms with Gasteiger partial charge in [-0.05, 0) is 36.6 Å². The third-order valence-electron chi connectivity index (χ3n) is 4.80. The van der Waals surface area contributed by atoms with Crippen molar-refractivity contribution in [3.8, 4) is 0 Å². The van der Waals surface area contributed by atoms with Crippen LogP contribution in [0.4, 0.5) is 0 Å². The van der Waals surface area contributed by atoms with Gasteiger partial charge in [0.1, 0.15) is 0 Å². The molecule has 0 saturated carbocycles. The molecule has 1 atom stereocenters. The van der Waals surface area contributed by atoms with E-state index in [0.29, 0.717) is 0 Å². The van der Waals surface area contributed by atoms with Crippen LogP contribution in [0.5, 0.6) is 0 Å². The lowest BCUT2D eigenvalue weighted by Gasteiger charge is -2.35. The topological polar surface area (TPSA) is 36.1 Å². The van der Waals surface area contributed by atoms with E-state index in [-0.39, 0.29) is 11.9 Å². The van der Waals surface area contributed by atoms with Crippen LogP contribution in [0, 0.1) is 6.92 Å². The van der Waals surface area contributed by atoms with Crippen molar-refractivity contribution in [2.45, 2.75) is 40.2 Å². The molecule has 0 fully saturated rings. The molecule has 3 heteroatoms. The number of aromatic nitrogens is 1. The van der Waals surface area contributed by atoms with E-state index in [0.717, 1.165) is 24.0 Å². The second-order valence-corrected chi connectivity index (χ2v) is 6.34. The predicted octanol–water partition coefficient (Wildman–Crippen LogP) is 5.00. The first kappa shape index (κ1) is 17.3. The smallest absolute Gasteiger partial charge is 0.220 e. The van der Waals surface area contributed by atoms with Gasteiger partial charge in [-0.3, -0.25) is 4.79 Å². The minimum atomic E-state index is -0.0230. The van der Waals surface area contributed by atoms with Crippen LogP contribution in [0.25, 0.3) is 10.9 Å². The first-order valence-corrected chi connectivity index (χ1v) is 9.08. The van der Waals surface area contributed by atoms with Gasteiger partial charge in [-0.15, -0.1) is 0 Å². The minimum absolute atomic E-state index is 0.0230. The lowest BCUT2D eigenvalue weighted by atomic mass is 9.92. The largest absolute Gasteiger partial charge is 0.356 e. The van der Waals surface area contributed by atoms with Crippen molar-refractivity contribution in [3.05, 3.63) is 70.9 Å². The molecule has 1 unspecified atom stereocenters. The Bertz CT molecular complexity index is 880. The number of fused-ring (bicyclic) bond motifs is 3. The number of aryl methyl sites for hydroxylation is 1. The number of benzene rings is 2. The third-order valence-corrected chi connectivity index (χ3v) is 4.80. The quantitative estimate of drug-likeness (QED) is 0.668. The Morgan fingerprint density at radius 3 is 2.52 bits per heavy atom. The molecule has 0 bridgehead atoms. The summed E-state index contributed by atoms with van der Waals surface area (Å²) in [7, 11) is 0. The van der Waals surface area contributed by atoms with Gasteiger partial charge in [0, 0.05) is 30.1 Å². The number of H-pyrrole nitrogens is 1. The molecule has 1 aliphatic heterocycles. The van der Waals surface area contributed by atoms with Gasteiger partial charge in [-0.1, -0.05) is 55.8 Å². The van der Waals surface area contributed by atoms with Crippen LogP contribution in [0.2, 0.25) is 0 Å². The summed E-state index contributed by atoms with van der Waals surface area (Å²) in [5, 5.41) is 1.30. The zero-order chi connectivity index (χ0) is 18.0. The van der Waals surface area contributed by atoms with Crippen LogP contribution < -0.4 is 0 Å². The first-order valence-electron chi connectivity index (χ1n) is 9.08. The lowest BCUT2D eigenvalue weighted by molar-refractivity contribution is -0.130. The van der Waals surface area contributed by atoms with Crippen molar-refractivity contribution in [1.29, 1.82) is 0 Å². The van der Waals surface area contributed by atoms with Crippen LogP contribution in [0.15, 0.2) is 48.5 Å². The Balaban J connectivity index is 0.000000880. The molecule has 1 amide bonds. The van der Waals surface area contributed by atoms with Crippen molar-refractivity contribution >= 4 is 16.8 Å². The highest BCUT2D eigenvalue weighted by Crippen LogP contribution is 2.38. The van der Waals surface area contributed by atoms with E-state index in [1.54, 1.807) is 6.92 Å². The summed E-state index contributed by atoms with van der Waals surface area (Å²) < 4.78 is 0. The number of amides is 1. The fraction of sp³-hybridized carbons (Fsp3) is 0.318. The van der Waals surface area contributed by atoms with Crippen molar-refractivity contribution < 1.29 is 4.79 Å². The number of aromatic amines is 1. The first-order chi connectivity index (χ1) is 12.1. The minimum Gasteiger partial charge on any atom is -0.356 e. The average Bonchev–Trinajstić information content (AvgIpc) is 3.01. The molecule has 2 heterocycles. The Morgan fingerprint density at radius 2 is 1.84 bits per heavy atom. The van der Waals surface area contributed by atoms with Gasteiger partial charge in [-0.25, -0.2) is 0 Å². The van der Waals surface area contributed by atoms with Gasteiger partial charge in [0.25, 0.3) is 0 Å². The number of rotatable bonds is 1. The van der Waals surface area contributed by atoms with Crippen molar-refractivity contribution in [3.63, 3.8) is 0 Å². The molecule has 130 valence electrons. The Hall–Kier alpha value is -2.55. The number of hydrogen-bond donors (Lipinski definition) is 1. The summed E-state index contributed by atoms with van der Waals surface area (Å²) in [5.74, 6) is 0.124. The summed E-state index contributed by atoms with van der Waals surface area (Å²) in [6, 6.07) is 16.8. The summed E-state index contributed by atoms with van der Waals surface area (Å²) in [6.45, 7) is 8.55. The van der Waals surface area contributed by atoms with Crippen LogP contribution in [-0.4, -0.2) is 22.3 Å². The lowest BCUT2D eigenvalue weighted by Crippen LogP contribution is -2.39. The molecule has 0 spiro atoms. The Labute approximate surface area is 149 Å². The second kappa shape index (κ2) is 7.14. The van der Waals surface area contributed by atoms with Crippen LogP contribution >= 0.6 is 0 Å². The van der Waals surface area contributed by atoms with E-state index in [2.05, 4.69) is 42.2 Å². The van der Waals surface area contributed by atoms with E-state index >= 15 is 0 Å². The highest BCUT2D eigenvalue weighted by molar-refractivity contribution is 5.87. The van der Waals surface area contributed by atoms with Gasteiger partial charge >= 0.3 is 0 Å². The molecule has 1 N–H and O–H groups in total. The zero-order valence-electron chi connectivity index (χ0n) is 15.5. The van der Waals surface area contributed by atoms with E-state index in [1.165, 1.54) is 22.2 Å². The van der Waals surface area contributed by atoms with Gasteiger partial charge < -0.3 is 9.88 Å². The number of nitrogens with zero attached hydrogens (tertiary/aromatic N) is 1. The van der Waals surface area contributed by atoms with Crippen molar-refractivity contribution in [2.24, 2.45) is 0 Å². The highest BCUT2D eigenvalue weighted by Gasteiger charge is 2.32. The van der Waals surface area contributed by atoms with Crippen molar-refractivity contribution in [1.82, 2.24) is 9.88 Å². The standard InChI is InChI=1S/C20H20N2O.C2H6/c1-13-8-9-18-17(12-13)16-10-11-22(14(2)23)20(19(16)21-18)15-6-4-3-5-7-15;1-2/h3-9,12,20-21H,10-11H2,1-2H3;1-2H3. The summed E-state index contributed by atoms with van der Waals surface area (Å²) in [4.78, 5) is 17.7. The van der Waals surface area contributed by atoms with Crippen LogP contribution in [0.3, 0.4) is 0 Å². The van der Waals surface area contributed by atoms with Gasteiger partial charge in [-0.2, -0.15) is 0 Å². The van der Waals surface area contributed by atoms with E-state index in [9.17, 15) is 4.79 Å². The van der Waals surface area contributed by atoms with E-state index in [1.807, 2.05) is 36.9 Å². The monoisotopic (exact) mass is 334 g/mol. The number of nitrogens with one attached hydrogen (secondary N) is 1. The van der Waals surface area contributed by atoms with Crippen molar-refractivity contribution in [2.75, 3.05) is 6.54 Å². The molecule has 25 heavy (non-hydrogen) atoms. The molecule has 1 aromatic heterocycles. The maximum Gasteiger partial charge on any atom is 0.220 e. The molecule has 3 aromatic rings. The summed E-state index contributed by atoms with van der Waals surface area (Å²) in [6.07, 6.45) is 0.904. The third kappa shape index (κ3) is 3.07. The molecular formula is C22H26N2O. The van der Waals surface area contributed by atoms with Gasteiger partial charge in [0.05, 0.1) is 6.04 Å². The zero-order valence-corrected chi connectivity index (χ0v) is 15.5. The molecule has 0 aliphatic carbocycles. The molecule has 3 nitrogen and oxygen atoms in total. The number of hydrogen-bond acceptors (Lipinski definition) is 1. The highest BCUT2D eigenvalue weighted by atomic mass is 16.2. The summed E-state index contributed by atoms with van der Waals surface area (Å²) in [5.41, 5.74) is 6.11. The molecule has 1 aliphatic rings. The molecule has 0 radical (unpaired) electrons. The Morgan fingerprint density at radius 1 is 1.12 bits per heavy atom. The average molecular weight is 334 g/mol. The molecular weight excluding hydrogens is 308 g/mol. The maximum atomic E-state index is 12.2. The van der Waals surface area contributed by atoms with Crippen LogP contribution in [-0.2, 0) is 11.2 Å². The normalized spacial score (nSPS) is 16.2. The van der Waals surface area contributed by atoms with E-state index < -0.39 is 0 Å². The number of carbonyl (C=O) groups is 1. The fourth-order valence-electron chi connectivity index (χ4n) is 3.72. The predicted molar refractivity (Wildman–Crippen MR) is 104 cm³/mol. The van der Waals surface area contributed by atoms with Crippen LogP contribution in [0.1, 0.15) is 49.2 Å². The maximum absolute atomic E-state index is 12.2.